The molecule has 32 heavy (non-hydrogen) atoms. The summed E-state index contributed by atoms with van der Waals surface area (Å²) in [7, 11) is 0. The molecule has 0 saturated carbocycles. The van der Waals surface area contributed by atoms with Gasteiger partial charge in [-0.1, -0.05) is 48.5 Å². The van der Waals surface area contributed by atoms with Crippen LogP contribution >= 0.6 is 0 Å². The second-order valence-electron chi connectivity index (χ2n) is 7.87. The molecule has 3 aromatic rings. The first kappa shape index (κ1) is 21.5. The molecular formula is C25H27N3O4. The number of amides is 3. The summed E-state index contributed by atoms with van der Waals surface area (Å²) in [6.07, 6.45) is 2.92. The maximum Gasteiger partial charge on any atom is 0.336 e. The van der Waals surface area contributed by atoms with E-state index in [0.717, 1.165) is 25.0 Å². The van der Waals surface area contributed by atoms with E-state index in [1.54, 1.807) is 17.0 Å². The van der Waals surface area contributed by atoms with Crippen molar-refractivity contribution in [2.45, 2.75) is 25.9 Å². The number of nitrogens with zero attached hydrogens (tertiary/aromatic N) is 1. The summed E-state index contributed by atoms with van der Waals surface area (Å²) >= 11 is 0. The van der Waals surface area contributed by atoms with Gasteiger partial charge in [-0.25, -0.2) is 10.2 Å². The van der Waals surface area contributed by atoms with E-state index in [4.69, 9.17) is 9.15 Å². The summed E-state index contributed by atoms with van der Waals surface area (Å²) < 4.78 is 11.1. The van der Waals surface area contributed by atoms with Crippen molar-refractivity contribution < 1.29 is 18.7 Å². The van der Waals surface area contributed by atoms with E-state index >= 15 is 0 Å². The highest BCUT2D eigenvalue weighted by Gasteiger charge is 2.23. The molecule has 2 N–H and O–H groups in total. The molecule has 2 aromatic carbocycles. The fraction of sp³-hybridized carbons (Fsp3) is 0.280. The molecule has 0 unspecified atom stereocenters. The van der Waals surface area contributed by atoms with Crippen LogP contribution < -0.4 is 15.6 Å². The molecule has 1 fully saturated rings. The topological polar surface area (TPSA) is 83.8 Å². The maximum absolute atomic E-state index is 12.4. The third kappa shape index (κ3) is 5.91. The number of likely N-dealkylation sites (tertiary alicyclic amines) is 1. The normalized spacial score (nSPS) is 14.1. The number of para-hydroxylation sites is 1. The van der Waals surface area contributed by atoms with Gasteiger partial charge in [-0.2, -0.15) is 0 Å². The lowest BCUT2D eigenvalue weighted by molar-refractivity contribution is 0.0894. The third-order valence-electron chi connectivity index (χ3n) is 5.56. The molecule has 1 aliphatic rings. The van der Waals surface area contributed by atoms with Gasteiger partial charge in [0.05, 0.1) is 0 Å². The minimum absolute atomic E-state index is 0.110. The first-order valence-corrected chi connectivity index (χ1v) is 10.8. The van der Waals surface area contributed by atoms with Gasteiger partial charge < -0.3 is 14.1 Å². The van der Waals surface area contributed by atoms with Gasteiger partial charge in [0.1, 0.15) is 18.1 Å². The molecule has 1 saturated heterocycles. The molecule has 166 valence electrons. The Morgan fingerprint density at radius 3 is 2.31 bits per heavy atom. The number of carbonyl (C=O) groups excluding carboxylic acids is 2. The Balaban J connectivity index is 1.18. The highest BCUT2D eigenvalue weighted by Crippen LogP contribution is 2.21. The van der Waals surface area contributed by atoms with Gasteiger partial charge >= 0.3 is 11.9 Å². The number of hydrazine groups is 1. The Hall–Kier alpha value is -3.74. The molecule has 3 amide bonds. The fourth-order valence-electron chi connectivity index (χ4n) is 3.79. The van der Waals surface area contributed by atoms with Gasteiger partial charge in [0.15, 0.2) is 5.76 Å². The average Bonchev–Trinajstić information content (AvgIpc) is 3.32. The van der Waals surface area contributed by atoms with Crippen LogP contribution in [0.4, 0.5) is 4.79 Å². The van der Waals surface area contributed by atoms with Gasteiger partial charge in [0.25, 0.3) is 0 Å². The number of carbonyl (C=O) groups is 2. The zero-order valence-electron chi connectivity index (χ0n) is 17.8. The maximum atomic E-state index is 12.4. The van der Waals surface area contributed by atoms with E-state index in [-0.39, 0.29) is 18.4 Å². The number of nitrogens with one attached hydrogen (secondary N) is 2. The van der Waals surface area contributed by atoms with Crippen LogP contribution in [0.5, 0.6) is 5.75 Å². The summed E-state index contributed by atoms with van der Waals surface area (Å²) in [5.74, 6) is 1.40. The highest BCUT2D eigenvalue weighted by atomic mass is 16.5. The number of hydrogen-bond donors (Lipinski definition) is 2. The van der Waals surface area contributed by atoms with E-state index in [1.165, 1.54) is 5.56 Å². The lowest BCUT2D eigenvalue weighted by atomic mass is 9.90. The monoisotopic (exact) mass is 433 g/mol. The van der Waals surface area contributed by atoms with Crippen molar-refractivity contribution in [3.05, 3.63) is 89.9 Å². The van der Waals surface area contributed by atoms with E-state index < -0.39 is 5.91 Å². The number of furan rings is 1. The molecule has 2 heterocycles. The van der Waals surface area contributed by atoms with Crippen LogP contribution in [-0.2, 0) is 13.0 Å². The number of ether oxygens (including phenoxy) is 1. The Labute approximate surface area is 187 Å². The quantitative estimate of drug-likeness (QED) is 0.572. The zero-order valence-corrected chi connectivity index (χ0v) is 17.8. The van der Waals surface area contributed by atoms with Crippen molar-refractivity contribution in [2.24, 2.45) is 5.92 Å². The number of hydrogen-bond acceptors (Lipinski definition) is 4. The molecule has 1 aromatic heterocycles. The Bertz CT molecular complexity index is 1010. The molecule has 0 bridgehead atoms. The summed E-state index contributed by atoms with van der Waals surface area (Å²) in [5, 5.41) is 0. The predicted molar refractivity (Wildman–Crippen MR) is 120 cm³/mol. The molecule has 0 spiro atoms. The second kappa shape index (κ2) is 10.5. The van der Waals surface area contributed by atoms with Crippen molar-refractivity contribution >= 4 is 11.9 Å². The summed E-state index contributed by atoms with van der Waals surface area (Å²) in [4.78, 5) is 26.4. The van der Waals surface area contributed by atoms with Gasteiger partial charge in [-0.15, -0.1) is 0 Å². The second-order valence-corrected chi connectivity index (χ2v) is 7.87. The number of benzene rings is 2. The van der Waals surface area contributed by atoms with E-state index in [2.05, 4.69) is 35.1 Å². The summed E-state index contributed by atoms with van der Waals surface area (Å²) in [5.41, 5.74) is 6.23. The Morgan fingerprint density at radius 2 is 1.59 bits per heavy atom. The molecule has 4 rings (SSSR count). The standard InChI is InChI=1S/C25H27N3O4/c29-24(23-12-11-22(32-23)18-31-21-9-5-2-6-10-21)26-27-25(30)28-15-13-20(14-16-28)17-19-7-3-1-4-8-19/h1-12,20H,13-18H2,(H,26,29)(H,27,30). The van der Waals surface area contributed by atoms with Crippen LogP contribution in [0.25, 0.3) is 0 Å². The first-order valence-electron chi connectivity index (χ1n) is 10.8. The predicted octanol–water partition coefficient (Wildman–Crippen LogP) is 4.17. The largest absolute Gasteiger partial charge is 0.486 e. The SMILES string of the molecule is O=C(NNC(=O)N1CCC(Cc2ccccc2)CC1)c1ccc(COc2ccccc2)o1. The van der Waals surface area contributed by atoms with Crippen LogP contribution in [0.1, 0.15) is 34.7 Å². The average molecular weight is 434 g/mol. The molecule has 7 heteroatoms. The lowest BCUT2D eigenvalue weighted by Gasteiger charge is -2.32. The lowest BCUT2D eigenvalue weighted by Crippen LogP contribution is -2.51. The molecule has 0 atom stereocenters. The van der Waals surface area contributed by atoms with Crippen LogP contribution in [0, 0.1) is 5.92 Å². The number of rotatable bonds is 6. The van der Waals surface area contributed by atoms with Gasteiger partial charge in [-0.05, 0) is 55.0 Å². The molecular weight excluding hydrogens is 406 g/mol. The van der Waals surface area contributed by atoms with E-state index in [0.29, 0.717) is 24.8 Å². The molecule has 0 radical (unpaired) electrons. The van der Waals surface area contributed by atoms with Crippen LogP contribution in [0.2, 0.25) is 0 Å². The van der Waals surface area contributed by atoms with Crippen LogP contribution in [0.15, 0.2) is 77.2 Å². The van der Waals surface area contributed by atoms with Crippen LogP contribution in [-0.4, -0.2) is 29.9 Å². The smallest absolute Gasteiger partial charge is 0.336 e. The van der Waals surface area contributed by atoms with Crippen molar-refractivity contribution in [1.29, 1.82) is 0 Å². The van der Waals surface area contributed by atoms with Crippen molar-refractivity contribution in [3.63, 3.8) is 0 Å². The van der Waals surface area contributed by atoms with Crippen molar-refractivity contribution in [1.82, 2.24) is 15.8 Å². The minimum atomic E-state index is -0.511. The summed E-state index contributed by atoms with van der Waals surface area (Å²) in [6, 6.07) is 22.7. The van der Waals surface area contributed by atoms with Gasteiger partial charge in [0.2, 0.25) is 0 Å². The van der Waals surface area contributed by atoms with Crippen molar-refractivity contribution in [2.75, 3.05) is 13.1 Å². The molecule has 1 aliphatic heterocycles. The number of urea groups is 1. The minimum Gasteiger partial charge on any atom is -0.486 e. The van der Waals surface area contributed by atoms with E-state index in [9.17, 15) is 9.59 Å². The zero-order chi connectivity index (χ0) is 22.2. The van der Waals surface area contributed by atoms with Gasteiger partial charge in [-0.3, -0.25) is 10.2 Å². The molecule has 7 nitrogen and oxygen atoms in total. The van der Waals surface area contributed by atoms with Crippen molar-refractivity contribution in [3.8, 4) is 5.75 Å². The summed E-state index contributed by atoms with van der Waals surface area (Å²) in [6.45, 7) is 1.55. The fourth-order valence-corrected chi connectivity index (χ4v) is 3.79. The first-order chi connectivity index (χ1) is 15.7. The Morgan fingerprint density at radius 1 is 0.906 bits per heavy atom. The van der Waals surface area contributed by atoms with Gasteiger partial charge in [0, 0.05) is 13.1 Å². The molecule has 0 aliphatic carbocycles. The van der Waals surface area contributed by atoms with E-state index in [1.807, 2.05) is 36.4 Å². The highest BCUT2D eigenvalue weighted by molar-refractivity contribution is 5.92. The van der Waals surface area contributed by atoms with Crippen LogP contribution in [0.3, 0.4) is 0 Å². The third-order valence-corrected chi connectivity index (χ3v) is 5.56. The Kier molecular flexibility index (Phi) is 7.07. The number of piperidine rings is 1.